The second-order valence-corrected chi connectivity index (χ2v) is 5.30. The molecule has 2 aliphatic heterocycles. The Hall–Kier alpha value is -0.120. The molecular weight excluding hydrogens is 188 g/mol. The van der Waals surface area contributed by atoms with E-state index in [0.29, 0.717) is 6.04 Å². The van der Waals surface area contributed by atoms with E-state index in [1.807, 2.05) is 0 Å². The van der Waals surface area contributed by atoms with Gasteiger partial charge < -0.3 is 5.11 Å². The number of likely N-dealkylation sites (tertiary alicyclic amines) is 2. The molecule has 0 aromatic rings. The highest BCUT2D eigenvalue weighted by Crippen LogP contribution is 2.21. The lowest BCUT2D eigenvalue weighted by Gasteiger charge is -2.34. The molecule has 0 aromatic carbocycles. The SMILES string of the molecule is CC(C)N1CCC(N2CCC(O)CC2)C1. The van der Waals surface area contributed by atoms with E-state index in [0.717, 1.165) is 32.0 Å². The first-order valence-electron chi connectivity index (χ1n) is 6.33. The van der Waals surface area contributed by atoms with Crippen LogP contribution in [0, 0.1) is 0 Å². The van der Waals surface area contributed by atoms with E-state index in [2.05, 4.69) is 23.6 Å². The van der Waals surface area contributed by atoms with Crippen LogP contribution in [0.1, 0.15) is 33.1 Å². The van der Waals surface area contributed by atoms with Crippen LogP contribution in [0.4, 0.5) is 0 Å². The first-order valence-corrected chi connectivity index (χ1v) is 6.33. The van der Waals surface area contributed by atoms with Crippen LogP contribution in [0.15, 0.2) is 0 Å². The monoisotopic (exact) mass is 212 g/mol. The summed E-state index contributed by atoms with van der Waals surface area (Å²) in [6.07, 6.45) is 3.22. The normalized spacial score (nSPS) is 31.6. The third-order valence-corrected chi connectivity index (χ3v) is 3.94. The molecule has 15 heavy (non-hydrogen) atoms. The highest BCUT2D eigenvalue weighted by molar-refractivity contribution is 4.87. The summed E-state index contributed by atoms with van der Waals surface area (Å²) in [5.74, 6) is 0. The van der Waals surface area contributed by atoms with Crippen molar-refractivity contribution in [2.24, 2.45) is 0 Å². The molecule has 2 fully saturated rings. The van der Waals surface area contributed by atoms with Crippen molar-refractivity contribution in [3.8, 4) is 0 Å². The van der Waals surface area contributed by atoms with E-state index in [1.54, 1.807) is 0 Å². The summed E-state index contributed by atoms with van der Waals surface area (Å²) >= 11 is 0. The molecule has 0 aromatic heterocycles. The molecule has 0 spiro atoms. The third-order valence-electron chi connectivity index (χ3n) is 3.94. The number of hydrogen-bond acceptors (Lipinski definition) is 3. The second-order valence-electron chi connectivity index (χ2n) is 5.30. The first kappa shape index (κ1) is 11.4. The van der Waals surface area contributed by atoms with Crippen LogP contribution < -0.4 is 0 Å². The van der Waals surface area contributed by atoms with Gasteiger partial charge in [0.2, 0.25) is 0 Å². The van der Waals surface area contributed by atoms with Gasteiger partial charge in [-0.3, -0.25) is 9.80 Å². The summed E-state index contributed by atoms with van der Waals surface area (Å²) in [6.45, 7) is 9.23. The zero-order valence-corrected chi connectivity index (χ0v) is 10.0. The van der Waals surface area contributed by atoms with Gasteiger partial charge in [-0.25, -0.2) is 0 Å². The second kappa shape index (κ2) is 4.81. The Labute approximate surface area is 93.1 Å². The predicted octanol–water partition coefficient (Wildman–Crippen LogP) is 0.926. The molecule has 2 saturated heterocycles. The Balaban J connectivity index is 1.80. The van der Waals surface area contributed by atoms with Crippen LogP contribution in [0.25, 0.3) is 0 Å². The van der Waals surface area contributed by atoms with Crippen LogP contribution in [-0.4, -0.2) is 59.3 Å². The minimum atomic E-state index is -0.0381. The summed E-state index contributed by atoms with van der Waals surface area (Å²) in [4.78, 5) is 5.14. The molecule has 0 radical (unpaired) electrons. The van der Waals surface area contributed by atoms with Crippen molar-refractivity contribution in [1.29, 1.82) is 0 Å². The highest BCUT2D eigenvalue weighted by Gasteiger charge is 2.30. The van der Waals surface area contributed by atoms with Gasteiger partial charge in [-0.05, 0) is 33.1 Å². The van der Waals surface area contributed by atoms with Gasteiger partial charge in [-0.1, -0.05) is 0 Å². The molecule has 3 nitrogen and oxygen atoms in total. The summed E-state index contributed by atoms with van der Waals surface area (Å²) in [5, 5.41) is 9.47. The maximum atomic E-state index is 9.47. The predicted molar refractivity (Wildman–Crippen MR) is 61.9 cm³/mol. The molecule has 0 amide bonds. The number of aliphatic hydroxyl groups is 1. The van der Waals surface area contributed by atoms with Crippen LogP contribution in [-0.2, 0) is 0 Å². The maximum absolute atomic E-state index is 9.47. The van der Waals surface area contributed by atoms with Gasteiger partial charge in [-0.2, -0.15) is 0 Å². The molecule has 2 rings (SSSR count). The van der Waals surface area contributed by atoms with Crippen molar-refractivity contribution < 1.29 is 5.11 Å². The Bertz CT molecular complexity index is 200. The fourth-order valence-electron chi connectivity index (χ4n) is 2.79. The van der Waals surface area contributed by atoms with E-state index in [4.69, 9.17) is 0 Å². The van der Waals surface area contributed by atoms with Crippen molar-refractivity contribution >= 4 is 0 Å². The van der Waals surface area contributed by atoms with Gasteiger partial charge in [0, 0.05) is 38.3 Å². The van der Waals surface area contributed by atoms with E-state index in [9.17, 15) is 5.11 Å². The third kappa shape index (κ3) is 2.71. The summed E-state index contributed by atoms with van der Waals surface area (Å²) in [7, 11) is 0. The molecule has 0 saturated carbocycles. The van der Waals surface area contributed by atoms with Crippen molar-refractivity contribution in [2.75, 3.05) is 26.2 Å². The van der Waals surface area contributed by atoms with Gasteiger partial charge in [-0.15, -0.1) is 0 Å². The molecule has 88 valence electrons. The highest BCUT2D eigenvalue weighted by atomic mass is 16.3. The average molecular weight is 212 g/mol. The zero-order chi connectivity index (χ0) is 10.8. The minimum Gasteiger partial charge on any atom is -0.393 e. The molecule has 0 bridgehead atoms. The topological polar surface area (TPSA) is 26.7 Å². The van der Waals surface area contributed by atoms with Crippen molar-refractivity contribution in [3.05, 3.63) is 0 Å². The van der Waals surface area contributed by atoms with Gasteiger partial charge in [0.1, 0.15) is 0 Å². The van der Waals surface area contributed by atoms with Gasteiger partial charge >= 0.3 is 0 Å². The van der Waals surface area contributed by atoms with Gasteiger partial charge in [0.05, 0.1) is 6.10 Å². The van der Waals surface area contributed by atoms with Crippen molar-refractivity contribution in [1.82, 2.24) is 9.80 Å². The van der Waals surface area contributed by atoms with E-state index < -0.39 is 0 Å². The van der Waals surface area contributed by atoms with E-state index in [-0.39, 0.29) is 6.10 Å². The first-order chi connectivity index (χ1) is 7.16. The Morgan fingerprint density at radius 3 is 2.27 bits per heavy atom. The molecule has 2 heterocycles. The maximum Gasteiger partial charge on any atom is 0.0564 e. The molecule has 1 N–H and O–H groups in total. The lowest BCUT2D eigenvalue weighted by molar-refractivity contribution is 0.0614. The van der Waals surface area contributed by atoms with Crippen LogP contribution in [0.2, 0.25) is 0 Å². The number of aliphatic hydroxyl groups excluding tert-OH is 1. The quantitative estimate of drug-likeness (QED) is 0.737. The molecule has 1 atom stereocenters. The lowest BCUT2D eigenvalue weighted by atomic mass is 10.1. The van der Waals surface area contributed by atoms with E-state index in [1.165, 1.54) is 19.5 Å². The summed E-state index contributed by atoms with van der Waals surface area (Å²) in [6, 6.07) is 1.44. The smallest absolute Gasteiger partial charge is 0.0564 e. The molecule has 0 aliphatic carbocycles. The zero-order valence-electron chi connectivity index (χ0n) is 10.0. The molecule has 3 heteroatoms. The van der Waals surface area contributed by atoms with Crippen molar-refractivity contribution in [3.63, 3.8) is 0 Å². The molecular formula is C12H24N2O. The fraction of sp³-hybridized carbons (Fsp3) is 1.00. The van der Waals surface area contributed by atoms with E-state index >= 15 is 0 Å². The summed E-state index contributed by atoms with van der Waals surface area (Å²) in [5.41, 5.74) is 0. The van der Waals surface area contributed by atoms with Gasteiger partial charge in [0.25, 0.3) is 0 Å². The standard InChI is InChI=1S/C12H24N2O/c1-10(2)14-6-3-11(9-14)13-7-4-12(15)5-8-13/h10-12,15H,3-9H2,1-2H3. The van der Waals surface area contributed by atoms with Crippen molar-refractivity contribution in [2.45, 2.75) is 51.3 Å². The Morgan fingerprint density at radius 1 is 1.07 bits per heavy atom. The largest absolute Gasteiger partial charge is 0.393 e. The fourth-order valence-corrected chi connectivity index (χ4v) is 2.79. The van der Waals surface area contributed by atoms with Crippen LogP contribution in [0.5, 0.6) is 0 Å². The Morgan fingerprint density at radius 2 is 1.73 bits per heavy atom. The number of rotatable bonds is 2. The summed E-state index contributed by atoms with van der Waals surface area (Å²) < 4.78 is 0. The average Bonchev–Trinajstić information content (AvgIpc) is 2.68. The number of piperidine rings is 1. The minimum absolute atomic E-state index is 0.0381. The molecule has 2 aliphatic rings. The molecule has 1 unspecified atom stereocenters. The Kier molecular flexibility index (Phi) is 3.65. The number of nitrogens with zero attached hydrogens (tertiary/aromatic N) is 2. The van der Waals surface area contributed by atoms with Crippen LogP contribution >= 0.6 is 0 Å². The van der Waals surface area contributed by atoms with Crippen LogP contribution in [0.3, 0.4) is 0 Å². The van der Waals surface area contributed by atoms with Gasteiger partial charge in [0.15, 0.2) is 0 Å². The lowest BCUT2D eigenvalue weighted by Crippen LogP contribution is -2.44. The number of hydrogen-bond donors (Lipinski definition) is 1.